The van der Waals surface area contributed by atoms with Crippen LogP contribution in [-0.4, -0.2) is 36.3 Å². The van der Waals surface area contributed by atoms with Gasteiger partial charge in [0.05, 0.1) is 11.1 Å². The monoisotopic (exact) mass is 463 g/mol. The first kappa shape index (κ1) is 24.7. The van der Waals surface area contributed by atoms with Crippen LogP contribution in [0.2, 0.25) is 0 Å². The van der Waals surface area contributed by atoms with Gasteiger partial charge in [-0.15, -0.1) is 0 Å². The lowest BCUT2D eigenvalue weighted by Gasteiger charge is -2.25. The molecular formula is C25H29N5O4. The highest BCUT2D eigenvalue weighted by Gasteiger charge is 2.17. The Morgan fingerprint density at radius 3 is 1.56 bits per heavy atom. The van der Waals surface area contributed by atoms with E-state index in [0.717, 1.165) is 14.7 Å². The molecular weight excluding hydrogens is 434 g/mol. The second kappa shape index (κ2) is 9.88. The van der Waals surface area contributed by atoms with Crippen LogP contribution in [0.3, 0.4) is 0 Å². The van der Waals surface area contributed by atoms with E-state index in [-0.39, 0.29) is 0 Å². The van der Waals surface area contributed by atoms with E-state index in [4.69, 9.17) is 0 Å². The van der Waals surface area contributed by atoms with Crippen molar-refractivity contribution in [3.63, 3.8) is 0 Å². The number of benzene rings is 1. The maximum absolute atomic E-state index is 12.7. The first-order chi connectivity index (χ1) is 16.0. The van der Waals surface area contributed by atoms with Gasteiger partial charge in [0, 0.05) is 60.2 Å². The third kappa shape index (κ3) is 4.99. The predicted molar refractivity (Wildman–Crippen MR) is 134 cm³/mol. The largest absolute Gasteiger partial charge is 0.330 e. The van der Waals surface area contributed by atoms with E-state index >= 15 is 0 Å². The first-order valence-electron chi connectivity index (χ1n) is 10.7. The van der Waals surface area contributed by atoms with Crippen molar-refractivity contribution >= 4 is 11.1 Å². The van der Waals surface area contributed by atoms with Crippen molar-refractivity contribution in [3.05, 3.63) is 114 Å². The molecule has 0 N–H and O–H groups in total. The summed E-state index contributed by atoms with van der Waals surface area (Å²) >= 11 is 0. The second-order valence-corrected chi connectivity index (χ2v) is 8.44. The summed E-state index contributed by atoms with van der Waals surface area (Å²) in [6, 6.07) is 9.75. The molecule has 2 heterocycles. The van der Waals surface area contributed by atoms with Gasteiger partial charge >= 0.3 is 11.4 Å². The highest BCUT2D eigenvalue weighted by molar-refractivity contribution is 5.66. The van der Waals surface area contributed by atoms with E-state index in [0.29, 0.717) is 41.9 Å². The molecule has 1 aromatic carbocycles. The van der Waals surface area contributed by atoms with Crippen molar-refractivity contribution in [2.24, 2.45) is 28.2 Å². The van der Waals surface area contributed by atoms with Gasteiger partial charge in [0.25, 0.3) is 11.1 Å². The molecule has 0 fully saturated rings. The minimum atomic E-state index is -0.418. The molecule has 3 rings (SSSR count). The van der Waals surface area contributed by atoms with Gasteiger partial charge in [-0.2, -0.15) is 0 Å². The Kier molecular flexibility index (Phi) is 7.17. The summed E-state index contributed by atoms with van der Waals surface area (Å²) in [4.78, 5) is 51.5. The fourth-order valence-corrected chi connectivity index (χ4v) is 3.82. The van der Waals surface area contributed by atoms with Crippen molar-refractivity contribution in [2.75, 3.05) is 13.1 Å². The fourth-order valence-electron chi connectivity index (χ4n) is 3.82. The topological polar surface area (TPSA) is 91.2 Å². The SMILES string of the molecule is C=C(CN(CC(=C)c1cn(C)c(=O)n(C)c1=O)Cc1ccccc1)c1cn(C)c(=O)n(C)c1=O. The molecule has 0 bridgehead atoms. The summed E-state index contributed by atoms with van der Waals surface area (Å²) in [6.45, 7) is 9.32. The lowest BCUT2D eigenvalue weighted by Crippen LogP contribution is -2.40. The Labute approximate surface area is 196 Å². The molecule has 0 radical (unpaired) electrons. The third-order valence-corrected chi connectivity index (χ3v) is 5.73. The van der Waals surface area contributed by atoms with Crippen LogP contribution < -0.4 is 22.5 Å². The lowest BCUT2D eigenvalue weighted by atomic mass is 10.1. The average molecular weight is 464 g/mol. The number of aromatic nitrogens is 4. The van der Waals surface area contributed by atoms with Crippen molar-refractivity contribution < 1.29 is 0 Å². The van der Waals surface area contributed by atoms with Crippen LogP contribution in [0.15, 0.2) is 75.1 Å². The number of aryl methyl sites for hydroxylation is 2. The number of nitrogens with zero attached hydrogens (tertiary/aromatic N) is 5. The van der Waals surface area contributed by atoms with Gasteiger partial charge in [-0.1, -0.05) is 43.5 Å². The quantitative estimate of drug-likeness (QED) is 0.491. The molecule has 0 unspecified atom stereocenters. The van der Waals surface area contributed by atoms with Crippen LogP contribution >= 0.6 is 0 Å². The molecule has 2 aromatic heterocycles. The Hall–Kier alpha value is -3.98. The maximum Gasteiger partial charge on any atom is 0.330 e. The molecule has 178 valence electrons. The minimum Gasteiger partial charge on any atom is -0.303 e. The summed E-state index contributed by atoms with van der Waals surface area (Å²) in [5, 5.41) is 0. The molecule has 0 saturated heterocycles. The molecule has 0 saturated carbocycles. The molecule has 0 aliphatic heterocycles. The van der Waals surface area contributed by atoms with Crippen LogP contribution in [0, 0.1) is 0 Å². The van der Waals surface area contributed by atoms with Gasteiger partial charge in [-0.05, 0) is 16.7 Å². The van der Waals surface area contributed by atoms with E-state index in [2.05, 4.69) is 13.2 Å². The highest BCUT2D eigenvalue weighted by atomic mass is 16.2. The standard InChI is InChI=1S/C25H29N5O4/c1-17(20-15-26(3)24(33)28(5)22(20)31)12-30(14-19-10-8-7-9-11-19)13-18(2)21-16-27(4)25(34)29(6)23(21)32/h7-11,15-16H,1-2,12-14H2,3-6H3. The van der Waals surface area contributed by atoms with Crippen molar-refractivity contribution in [2.45, 2.75) is 6.54 Å². The van der Waals surface area contributed by atoms with Crippen molar-refractivity contribution in [1.82, 2.24) is 23.2 Å². The van der Waals surface area contributed by atoms with Crippen LogP contribution in [-0.2, 0) is 34.7 Å². The van der Waals surface area contributed by atoms with Gasteiger partial charge in [0.1, 0.15) is 0 Å². The van der Waals surface area contributed by atoms with E-state index in [1.54, 1.807) is 14.1 Å². The zero-order valence-electron chi connectivity index (χ0n) is 19.9. The van der Waals surface area contributed by atoms with Crippen LogP contribution in [0.1, 0.15) is 16.7 Å². The van der Waals surface area contributed by atoms with Gasteiger partial charge < -0.3 is 9.13 Å². The second-order valence-electron chi connectivity index (χ2n) is 8.44. The Bertz CT molecular complexity index is 1400. The zero-order valence-corrected chi connectivity index (χ0v) is 19.9. The molecule has 0 amide bonds. The molecule has 0 aliphatic carbocycles. The minimum absolute atomic E-state index is 0.299. The normalized spacial score (nSPS) is 11.1. The summed E-state index contributed by atoms with van der Waals surface area (Å²) in [6.07, 6.45) is 2.98. The molecule has 34 heavy (non-hydrogen) atoms. The maximum atomic E-state index is 12.7. The van der Waals surface area contributed by atoms with Gasteiger partial charge in [0.15, 0.2) is 0 Å². The predicted octanol–water partition coefficient (Wildman–Crippen LogP) is 0.710. The molecule has 0 aliphatic rings. The third-order valence-electron chi connectivity index (χ3n) is 5.73. The van der Waals surface area contributed by atoms with E-state index in [9.17, 15) is 19.2 Å². The number of hydrogen-bond acceptors (Lipinski definition) is 5. The molecule has 0 atom stereocenters. The number of rotatable bonds is 8. The lowest BCUT2D eigenvalue weighted by molar-refractivity contribution is 0.337. The Balaban J connectivity index is 1.96. The molecule has 9 nitrogen and oxygen atoms in total. The molecule has 3 aromatic rings. The fraction of sp³-hybridized carbons (Fsp3) is 0.280. The van der Waals surface area contributed by atoms with Gasteiger partial charge in [0.2, 0.25) is 0 Å². The van der Waals surface area contributed by atoms with Gasteiger partial charge in [-0.3, -0.25) is 23.6 Å². The first-order valence-corrected chi connectivity index (χ1v) is 10.7. The van der Waals surface area contributed by atoms with Crippen LogP contribution in [0.4, 0.5) is 0 Å². The smallest absolute Gasteiger partial charge is 0.303 e. The Morgan fingerprint density at radius 2 is 1.15 bits per heavy atom. The van der Waals surface area contributed by atoms with Crippen LogP contribution in [0.5, 0.6) is 0 Å². The Morgan fingerprint density at radius 1 is 0.735 bits per heavy atom. The number of hydrogen-bond donors (Lipinski definition) is 0. The van der Waals surface area contributed by atoms with E-state index < -0.39 is 22.5 Å². The van der Waals surface area contributed by atoms with E-state index in [1.807, 2.05) is 35.2 Å². The van der Waals surface area contributed by atoms with Crippen molar-refractivity contribution in [3.8, 4) is 0 Å². The molecule has 0 spiro atoms. The van der Waals surface area contributed by atoms with E-state index in [1.165, 1.54) is 35.6 Å². The van der Waals surface area contributed by atoms with Gasteiger partial charge in [-0.25, -0.2) is 9.59 Å². The summed E-state index contributed by atoms with van der Waals surface area (Å²) in [5.74, 6) is 0. The summed E-state index contributed by atoms with van der Waals surface area (Å²) in [5.41, 5.74) is 1.12. The molecule has 9 heteroatoms. The highest BCUT2D eigenvalue weighted by Crippen LogP contribution is 2.16. The van der Waals surface area contributed by atoms with Crippen LogP contribution in [0.25, 0.3) is 11.1 Å². The van der Waals surface area contributed by atoms with Crippen molar-refractivity contribution in [1.29, 1.82) is 0 Å². The summed E-state index contributed by atoms with van der Waals surface area (Å²) in [7, 11) is 6.02. The zero-order chi connectivity index (χ0) is 25.2. The summed E-state index contributed by atoms with van der Waals surface area (Å²) < 4.78 is 4.79. The average Bonchev–Trinajstić information content (AvgIpc) is 2.81.